The van der Waals surface area contributed by atoms with Gasteiger partial charge < -0.3 is 9.40 Å². The molecule has 0 N–H and O–H groups in total. The van der Waals surface area contributed by atoms with Crippen LogP contribution < -0.4 is 0 Å². The predicted molar refractivity (Wildman–Crippen MR) is 225 cm³/mol. The van der Waals surface area contributed by atoms with Crippen LogP contribution in [0.5, 0.6) is 0 Å². The van der Waals surface area contributed by atoms with Crippen LogP contribution in [0.2, 0.25) is 0 Å². The third-order valence-corrected chi connectivity index (χ3v) is 10.6. The van der Waals surface area contributed by atoms with Crippen LogP contribution in [0.3, 0.4) is 0 Å². The van der Waals surface area contributed by atoms with Gasteiger partial charge >= 0.3 is 0 Å². The molecular formula is C51H45FIrN2O-2. The molecule has 3 nitrogen and oxygen atoms in total. The predicted octanol–water partition coefficient (Wildman–Crippen LogP) is 14.2. The summed E-state index contributed by atoms with van der Waals surface area (Å²) in [5, 5.41) is 1.79. The van der Waals surface area contributed by atoms with E-state index >= 15 is 0 Å². The summed E-state index contributed by atoms with van der Waals surface area (Å²) in [5.41, 5.74) is 9.71. The maximum absolute atomic E-state index is 13.7. The molecule has 9 rings (SSSR count). The molecule has 0 saturated heterocycles. The second-order valence-electron chi connectivity index (χ2n) is 15.0. The van der Waals surface area contributed by atoms with Gasteiger partial charge in [-0.3, -0.25) is 4.98 Å². The zero-order chi connectivity index (χ0) is 44.0. The number of benzene rings is 5. The van der Waals surface area contributed by atoms with E-state index in [9.17, 15) is 4.39 Å². The molecule has 1 radical (unpaired) electrons. The molecule has 56 heavy (non-hydrogen) atoms. The molecule has 1 aliphatic rings. The van der Waals surface area contributed by atoms with E-state index < -0.39 is 19.6 Å². The summed E-state index contributed by atoms with van der Waals surface area (Å²) in [4.78, 5) is 8.86. The second kappa shape index (κ2) is 16.4. The van der Waals surface area contributed by atoms with Gasteiger partial charge in [-0.25, -0.2) is 4.39 Å². The number of fused-ring (bicyclic) bond motifs is 3. The molecule has 3 heterocycles. The fourth-order valence-corrected chi connectivity index (χ4v) is 7.36. The molecule has 5 heteroatoms. The number of hydrogen-bond donors (Lipinski definition) is 0. The minimum Gasteiger partial charge on any atom is -0.500 e. The first-order valence-corrected chi connectivity index (χ1v) is 18.5. The number of pyridine rings is 2. The molecule has 1 saturated carbocycles. The number of aromatic nitrogens is 2. The molecule has 0 unspecified atom stereocenters. The fraction of sp³-hybridized carbons (Fsp3) is 0.196. The van der Waals surface area contributed by atoms with Crippen molar-refractivity contribution in [1.82, 2.24) is 9.97 Å². The molecular weight excluding hydrogens is 868 g/mol. The van der Waals surface area contributed by atoms with Gasteiger partial charge in [-0.05, 0) is 107 Å². The summed E-state index contributed by atoms with van der Waals surface area (Å²) in [6.07, 6.45) is 7.09. The van der Waals surface area contributed by atoms with Crippen LogP contribution in [0.1, 0.15) is 77.3 Å². The maximum atomic E-state index is 13.7. The van der Waals surface area contributed by atoms with Crippen molar-refractivity contribution in [1.29, 1.82) is 0 Å². The largest absolute Gasteiger partial charge is 0.500 e. The van der Waals surface area contributed by atoms with Crippen molar-refractivity contribution in [3.8, 4) is 44.8 Å². The van der Waals surface area contributed by atoms with Gasteiger partial charge in [0.1, 0.15) is 11.4 Å². The van der Waals surface area contributed by atoms with Crippen molar-refractivity contribution in [3.63, 3.8) is 0 Å². The van der Waals surface area contributed by atoms with Gasteiger partial charge in [-0.15, -0.1) is 29.8 Å². The molecule has 0 atom stereocenters. The maximum Gasteiger partial charge on any atom is 0.126 e. The van der Waals surface area contributed by atoms with Crippen LogP contribution >= 0.6 is 0 Å². The van der Waals surface area contributed by atoms with Crippen LogP contribution in [-0.2, 0) is 20.1 Å². The van der Waals surface area contributed by atoms with E-state index in [1.165, 1.54) is 24.4 Å². The summed E-state index contributed by atoms with van der Waals surface area (Å²) >= 11 is 0. The van der Waals surface area contributed by atoms with E-state index in [4.69, 9.17) is 14.0 Å². The molecule has 283 valence electrons. The second-order valence-corrected chi connectivity index (χ2v) is 15.0. The zero-order valence-electron chi connectivity index (χ0n) is 38.3. The number of halogens is 1. The summed E-state index contributed by atoms with van der Waals surface area (Å²) in [6.45, 7) is 4.08. The molecule has 0 bridgehead atoms. The Hall–Kier alpha value is -5.35. The minimum atomic E-state index is -2.28. The van der Waals surface area contributed by atoms with Gasteiger partial charge in [0.15, 0.2) is 0 Å². The summed E-state index contributed by atoms with van der Waals surface area (Å²) in [5.74, 6) is -0.819. The zero-order valence-corrected chi connectivity index (χ0v) is 33.6. The Morgan fingerprint density at radius 3 is 2.32 bits per heavy atom. The van der Waals surface area contributed by atoms with Gasteiger partial charge in [0.05, 0.1) is 5.58 Å². The minimum absolute atomic E-state index is 0. The van der Waals surface area contributed by atoms with Crippen molar-refractivity contribution in [3.05, 3.63) is 175 Å². The Balaban J connectivity index is 0.000000193. The Bertz CT molecular complexity index is 2880. The smallest absolute Gasteiger partial charge is 0.126 e. The van der Waals surface area contributed by atoms with Crippen LogP contribution in [0.15, 0.2) is 138 Å². The van der Waals surface area contributed by atoms with Crippen molar-refractivity contribution in [2.75, 3.05) is 0 Å². The first-order chi connectivity index (χ1) is 29.4. The van der Waals surface area contributed by atoms with E-state index in [1.54, 1.807) is 30.5 Å². The number of furan rings is 1. The van der Waals surface area contributed by atoms with Gasteiger partial charge in [-0.2, -0.15) is 18.6 Å². The van der Waals surface area contributed by atoms with Crippen molar-refractivity contribution in [2.24, 2.45) is 5.41 Å². The Labute approximate surface area is 353 Å². The van der Waals surface area contributed by atoms with E-state index in [0.717, 1.165) is 70.0 Å². The molecule has 0 spiro atoms. The molecule has 3 aromatic heterocycles. The van der Waals surface area contributed by atoms with Crippen molar-refractivity contribution in [2.45, 2.75) is 59.1 Å². The van der Waals surface area contributed by atoms with Gasteiger partial charge in [0.2, 0.25) is 0 Å². The number of rotatable bonds is 5. The molecule has 5 aromatic carbocycles. The van der Waals surface area contributed by atoms with Crippen LogP contribution in [0, 0.1) is 37.9 Å². The van der Waals surface area contributed by atoms with E-state index in [1.807, 2.05) is 54.6 Å². The molecule has 1 fully saturated rings. The standard InChI is InChI=1S/C31H27FNO.C20H18N.Ir/c1-31(2)15-12-22(13-16-31)20-6-8-21(9-7-20)23-14-17-33-28(18-23)27-5-3-4-26-25-11-10-24(32)19-29(25)34-30(26)27;1-14-9-10-20(21-13-14)19-12-18(15(2)11-16(19)3)17-7-5-4-6-8-17;/h3-4,6-11,14,17-19,22H,12-13,15-16H2,1-2H3;4-13H,3H2,1-2H3;/q2*-1;/i22D;1D3,2D3;. The SMILES string of the molecule is [2H]C([2H])([2H])c1ccc(-c2cc(-c3ccccc3)c(C([2H])([2H])[2H])cc2[CH2-])nc1.[2H]C1(c2ccc(-c3ccnc(-c4[c-]ccc5c4oc4cc(F)ccc45)c3)cc2)CCC(C)(C)CC1.[Ir]. The monoisotopic (exact) mass is 920 g/mol. The van der Waals surface area contributed by atoms with Gasteiger partial charge in [0.25, 0.3) is 0 Å². The average molecular weight is 920 g/mol. The third kappa shape index (κ3) is 8.26. The average Bonchev–Trinajstić information content (AvgIpc) is 3.63. The summed E-state index contributed by atoms with van der Waals surface area (Å²) in [7, 11) is 0. The van der Waals surface area contributed by atoms with Crippen LogP contribution in [-0.4, -0.2) is 9.97 Å². The van der Waals surface area contributed by atoms with E-state index in [-0.39, 0.29) is 37.0 Å². The number of hydrogen-bond acceptors (Lipinski definition) is 3. The Kier molecular flexibility index (Phi) is 9.02. The number of aryl methyl sites for hydroxylation is 2. The van der Waals surface area contributed by atoms with Crippen LogP contribution in [0.25, 0.3) is 66.7 Å². The fourth-order valence-electron chi connectivity index (χ4n) is 7.36. The molecule has 0 amide bonds. The van der Waals surface area contributed by atoms with Crippen molar-refractivity contribution >= 4 is 21.9 Å². The molecule has 1 aliphatic carbocycles. The Morgan fingerprint density at radius 1 is 0.786 bits per heavy atom. The number of nitrogens with zero attached hydrogens (tertiary/aromatic N) is 2. The summed E-state index contributed by atoms with van der Waals surface area (Å²) in [6, 6.07) is 39.9. The van der Waals surface area contributed by atoms with Crippen molar-refractivity contribution < 1.29 is 38.5 Å². The van der Waals surface area contributed by atoms with E-state index in [0.29, 0.717) is 39.0 Å². The van der Waals surface area contributed by atoms with Gasteiger partial charge in [-0.1, -0.05) is 104 Å². The van der Waals surface area contributed by atoms with E-state index in [2.05, 4.69) is 61.1 Å². The normalized spacial score (nSPS) is 16.7. The third-order valence-electron chi connectivity index (χ3n) is 10.6. The Morgan fingerprint density at radius 2 is 1.59 bits per heavy atom. The quantitative estimate of drug-likeness (QED) is 0.162. The summed E-state index contributed by atoms with van der Waals surface area (Å²) < 4.78 is 74.8. The first kappa shape index (κ1) is 30.8. The van der Waals surface area contributed by atoms with Gasteiger partial charge in [0, 0.05) is 59.2 Å². The molecule has 8 aromatic rings. The molecule has 0 aliphatic heterocycles. The van der Waals surface area contributed by atoms with Crippen LogP contribution in [0.4, 0.5) is 4.39 Å². The first-order valence-electron chi connectivity index (χ1n) is 22.0. The topological polar surface area (TPSA) is 38.9 Å².